The maximum absolute atomic E-state index is 12.2. The highest BCUT2D eigenvalue weighted by Gasteiger charge is 2.47. The molecule has 0 saturated carbocycles. The Kier molecular flexibility index (Phi) is 4.91. The van der Waals surface area contributed by atoms with Crippen LogP contribution in [0.5, 0.6) is 11.5 Å². The molecule has 5 rings (SSSR count). The van der Waals surface area contributed by atoms with Crippen LogP contribution in [0.4, 0.5) is 5.69 Å². The molecule has 152 valence electrons. The summed E-state index contributed by atoms with van der Waals surface area (Å²) in [5.41, 5.74) is 2.24. The second-order valence-corrected chi connectivity index (χ2v) is 10.7. The SMILES string of the molecule is O=S1(=O)C[C@@H]2[C@@H](C1)N=C(SCCCc1ccccc1)N2c1ccc2c(c1)OCO2. The number of thioether (sulfide) groups is 1. The van der Waals surface area contributed by atoms with Crippen LogP contribution in [-0.4, -0.2) is 49.7 Å². The largest absolute Gasteiger partial charge is 0.454 e. The van der Waals surface area contributed by atoms with Gasteiger partial charge in [-0.1, -0.05) is 42.1 Å². The van der Waals surface area contributed by atoms with Gasteiger partial charge in [-0.25, -0.2) is 8.42 Å². The Morgan fingerprint density at radius 2 is 1.90 bits per heavy atom. The molecule has 8 heteroatoms. The van der Waals surface area contributed by atoms with Crippen molar-refractivity contribution in [1.82, 2.24) is 0 Å². The lowest BCUT2D eigenvalue weighted by molar-refractivity contribution is 0.174. The summed E-state index contributed by atoms with van der Waals surface area (Å²) < 4.78 is 35.3. The quantitative estimate of drug-likeness (QED) is 0.679. The number of nitrogens with zero attached hydrogens (tertiary/aromatic N) is 2. The fraction of sp³-hybridized carbons (Fsp3) is 0.381. The zero-order chi connectivity index (χ0) is 19.8. The minimum absolute atomic E-state index is 0.132. The maximum atomic E-state index is 12.2. The summed E-state index contributed by atoms with van der Waals surface area (Å²) >= 11 is 1.71. The van der Waals surface area contributed by atoms with Crippen molar-refractivity contribution in [2.75, 3.05) is 29.0 Å². The number of anilines is 1. The summed E-state index contributed by atoms with van der Waals surface area (Å²) in [6.45, 7) is 0.217. The van der Waals surface area contributed by atoms with Gasteiger partial charge < -0.3 is 14.4 Å². The average Bonchev–Trinajstić information content (AvgIpc) is 3.37. The first-order valence-corrected chi connectivity index (χ1v) is 12.5. The Hall–Kier alpha value is -2.19. The summed E-state index contributed by atoms with van der Waals surface area (Å²) in [5, 5.41) is 0.904. The molecule has 0 amide bonds. The minimum Gasteiger partial charge on any atom is -0.454 e. The lowest BCUT2D eigenvalue weighted by atomic mass is 10.1. The Balaban J connectivity index is 1.33. The van der Waals surface area contributed by atoms with E-state index in [0.29, 0.717) is 5.75 Å². The van der Waals surface area contributed by atoms with E-state index in [1.165, 1.54) is 5.56 Å². The first kappa shape index (κ1) is 18.8. The summed E-state index contributed by atoms with van der Waals surface area (Å²) in [5.74, 6) is 2.62. The third kappa shape index (κ3) is 3.83. The minimum atomic E-state index is -3.06. The van der Waals surface area contributed by atoms with E-state index in [-0.39, 0.29) is 30.4 Å². The molecule has 0 N–H and O–H groups in total. The summed E-state index contributed by atoms with van der Waals surface area (Å²) in [7, 11) is -3.06. The molecule has 0 unspecified atom stereocenters. The van der Waals surface area contributed by atoms with Gasteiger partial charge in [0.15, 0.2) is 26.5 Å². The highest BCUT2D eigenvalue weighted by Crippen LogP contribution is 2.40. The lowest BCUT2D eigenvalue weighted by Gasteiger charge is -2.26. The molecule has 0 radical (unpaired) electrons. The van der Waals surface area contributed by atoms with E-state index < -0.39 is 9.84 Å². The van der Waals surface area contributed by atoms with Gasteiger partial charge in [-0.05, 0) is 30.5 Å². The van der Waals surface area contributed by atoms with Crippen molar-refractivity contribution in [2.45, 2.75) is 24.9 Å². The first-order valence-electron chi connectivity index (χ1n) is 9.73. The monoisotopic (exact) mass is 430 g/mol. The van der Waals surface area contributed by atoms with E-state index in [9.17, 15) is 8.42 Å². The van der Waals surface area contributed by atoms with Crippen molar-refractivity contribution < 1.29 is 17.9 Å². The van der Waals surface area contributed by atoms with Crippen LogP contribution < -0.4 is 14.4 Å². The smallest absolute Gasteiger partial charge is 0.231 e. The molecule has 3 aliphatic heterocycles. The number of rotatable bonds is 5. The third-order valence-electron chi connectivity index (χ3n) is 5.43. The van der Waals surface area contributed by atoms with Crippen molar-refractivity contribution in [3.05, 3.63) is 54.1 Å². The number of amidine groups is 1. The molecule has 6 nitrogen and oxygen atoms in total. The van der Waals surface area contributed by atoms with Crippen LogP contribution in [0.1, 0.15) is 12.0 Å². The Labute approximate surface area is 174 Å². The highest BCUT2D eigenvalue weighted by atomic mass is 32.2. The Morgan fingerprint density at radius 3 is 2.76 bits per heavy atom. The number of hydrogen-bond acceptors (Lipinski definition) is 7. The number of aryl methyl sites for hydroxylation is 1. The van der Waals surface area contributed by atoms with E-state index >= 15 is 0 Å². The van der Waals surface area contributed by atoms with E-state index in [1.807, 2.05) is 24.3 Å². The lowest BCUT2D eigenvalue weighted by Crippen LogP contribution is -2.39. The van der Waals surface area contributed by atoms with Crippen molar-refractivity contribution in [1.29, 1.82) is 0 Å². The summed E-state index contributed by atoms with van der Waals surface area (Å²) in [6.07, 6.45) is 2.06. The van der Waals surface area contributed by atoms with Gasteiger partial charge in [-0.15, -0.1) is 0 Å². The molecule has 2 aromatic carbocycles. The predicted molar refractivity (Wildman–Crippen MR) is 116 cm³/mol. The number of benzene rings is 2. The van der Waals surface area contributed by atoms with E-state index in [4.69, 9.17) is 14.5 Å². The molecule has 2 aromatic rings. The fourth-order valence-electron chi connectivity index (χ4n) is 4.05. The third-order valence-corrected chi connectivity index (χ3v) is 8.18. The van der Waals surface area contributed by atoms with Crippen LogP contribution in [0.3, 0.4) is 0 Å². The molecular weight excluding hydrogens is 408 g/mol. The molecule has 0 spiro atoms. The van der Waals surface area contributed by atoms with Crippen molar-refractivity contribution in [3.63, 3.8) is 0 Å². The van der Waals surface area contributed by atoms with E-state index in [1.54, 1.807) is 11.8 Å². The molecule has 3 aliphatic rings. The second kappa shape index (κ2) is 7.57. The van der Waals surface area contributed by atoms with Gasteiger partial charge in [0, 0.05) is 17.5 Å². The molecule has 0 aromatic heterocycles. The molecule has 1 fully saturated rings. The van der Waals surface area contributed by atoms with Crippen molar-refractivity contribution >= 4 is 32.5 Å². The van der Waals surface area contributed by atoms with Crippen molar-refractivity contribution in [3.8, 4) is 11.5 Å². The summed E-state index contributed by atoms with van der Waals surface area (Å²) in [4.78, 5) is 6.88. The number of aliphatic imine (C=N–C) groups is 1. The van der Waals surface area contributed by atoms with Crippen LogP contribution in [0.25, 0.3) is 0 Å². The normalized spacial score (nSPS) is 23.9. The van der Waals surface area contributed by atoms with Gasteiger partial charge in [-0.2, -0.15) is 0 Å². The van der Waals surface area contributed by atoms with Gasteiger partial charge >= 0.3 is 0 Å². The van der Waals surface area contributed by atoms with Crippen LogP contribution >= 0.6 is 11.8 Å². The standard InChI is InChI=1S/C21H22N2O4S2/c24-29(25)12-17-18(13-29)23(16-8-9-19-20(11-16)27-14-26-19)21(22-17)28-10-4-7-15-5-2-1-3-6-15/h1-3,5-6,8-9,11,17-18H,4,7,10,12-14H2/t17-,18-/m1/s1. The first-order chi connectivity index (χ1) is 14.1. The van der Waals surface area contributed by atoms with Crippen LogP contribution in [0.2, 0.25) is 0 Å². The van der Waals surface area contributed by atoms with Gasteiger partial charge in [0.2, 0.25) is 6.79 Å². The topological polar surface area (TPSA) is 68.2 Å². The van der Waals surface area contributed by atoms with Gasteiger partial charge in [0.1, 0.15) is 0 Å². The summed E-state index contributed by atoms with van der Waals surface area (Å²) in [6, 6.07) is 15.9. The van der Waals surface area contributed by atoms with Gasteiger partial charge in [0.25, 0.3) is 0 Å². The van der Waals surface area contributed by atoms with E-state index in [2.05, 4.69) is 29.2 Å². The molecule has 29 heavy (non-hydrogen) atoms. The maximum Gasteiger partial charge on any atom is 0.231 e. The Bertz CT molecular complexity index is 1040. The molecule has 1 saturated heterocycles. The molecule has 0 bridgehead atoms. The van der Waals surface area contributed by atoms with Crippen LogP contribution in [-0.2, 0) is 16.3 Å². The van der Waals surface area contributed by atoms with Gasteiger partial charge in [-0.3, -0.25) is 4.99 Å². The zero-order valence-electron chi connectivity index (χ0n) is 15.9. The van der Waals surface area contributed by atoms with Gasteiger partial charge in [0.05, 0.1) is 23.6 Å². The Morgan fingerprint density at radius 1 is 1.07 bits per heavy atom. The van der Waals surface area contributed by atoms with Crippen LogP contribution in [0.15, 0.2) is 53.5 Å². The molecular formula is C21H22N2O4S2. The zero-order valence-corrected chi connectivity index (χ0v) is 17.5. The highest BCUT2D eigenvalue weighted by molar-refractivity contribution is 8.14. The predicted octanol–water partition coefficient (Wildman–Crippen LogP) is 3.12. The number of fused-ring (bicyclic) bond motifs is 2. The average molecular weight is 431 g/mol. The van der Waals surface area contributed by atoms with Crippen LogP contribution in [0, 0.1) is 0 Å². The molecule has 3 heterocycles. The number of ether oxygens (including phenoxy) is 2. The van der Waals surface area contributed by atoms with E-state index in [0.717, 1.165) is 35.2 Å². The number of hydrogen-bond donors (Lipinski definition) is 0. The second-order valence-electron chi connectivity index (χ2n) is 7.47. The molecule has 2 atom stereocenters. The molecule has 0 aliphatic carbocycles. The fourth-order valence-corrected chi connectivity index (χ4v) is 6.96. The van der Waals surface area contributed by atoms with Crippen molar-refractivity contribution in [2.24, 2.45) is 4.99 Å². The number of sulfone groups is 1.